The molecule has 122 valence electrons. The van der Waals surface area contributed by atoms with Gasteiger partial charge in [0.1, 0.15) is 11.0 Å². The van der Waals surface area contributed by atoms with E-state index in [2.05, 4.69) is 5.10 Å². The van der Waals surface area contributed by atoms with Crippen molar-refractivity contribution in [3.05, 3.63) is 74.3 Å². The number of benzene rings is 2. The van der Waals surface area contributed by atoms with Crippen LogP contribution in [-0.2, 0) is 11.0 Å². The van der Waals surface area contributed by atoms with Crippen molar-refractivity contribution in [2.24, 2.45) is 5.10 Å². The Balaban J connectivity index is 1.87. The highest BCUT2D eigenvalue weighted by atomic mass is 32.2. The van der Waals surface area contributed by atoms with Gasteiger partial charge in [0.25, 0.3) is 11.4 Å². The van der Waals surface area contributed by atoms with Crippen molar-refractivity contribution in [1.82, 2.24) is 0 Å². The Morgan fingerprint density at radius 2 is 1.42 bits per heavy atom. The second-order valence-corrected chi connectivity index (χ2v) is 6.14. The van der Waals surface area contributed by atoms with E-state index >= 15 is 0 Å². The Labute approximate surface area is 138 Å². The molecule has 0 fully saturated rings. The lowest BCUT2D eigenvalue weighted by atomic mass is 10.1. The predicted octanol–water partition coefficient (Wildman–Crippen LogP) is 2.39. The van der Waals surface area contributed by atoms with E-state index in [1.165, 1.54) is 40.8 Å². The standard InChI is InChI=1S/C14H10N4O5S/c19-17(20)12-3-1-10(2-4-12)14-9-24(23)16(15-14)11-5-7-13(8-6-11)18(21)22/h1-8H,9H2/t24-/m0/s1. The summed E-state index contributed by atoms with van der Waals surface area (Å²) in [5.41, 5.74) is 1.53. The SMILES string of the molecule is O=[N+]([O-])c1ccc(C2=NN(c3ccc([N+](=O)[O-])cc3)[S@@](=O)C2)cc1. The topological polar surface area (TPSA) is 119 Å². The van der Waals surface area contributed by atoms with Crippen molar-refractivity contribution >= 4 is 33.8 Å². The number of nitrogens with zero attached hydrogens (tertiary/aromatic N) is 4. The predicted molar refractivity (Wildman–Crippen MR) is 88.2 cm³/mol. The normalized spacial score (nSPS) is 16.8. The summed E-state index contributed by atoms with van der Waals surface area (Å²) in [7, 11) is -1.45. The van der Waals surface area contributed by atoms with Crippen LogP contribution in [0.15, 0.2) is 53.6 Å². The summed E-state index contributed by atoms with van der Waals surface area (Å²) < 4.78 is 13.5. The molecule has 1 aliphatic rings. The third-order valence-electron chi connectivity index (χ3n) is 3.36. The Hall–Kier alpha value is -3.14. The van der Waals surface area contributed by atoms with Crippen molar-refractivity contribution < 1.29 is 14.1 Å². The molecule has 0 N–H and O–H groups in total. The maximum atomic E-state index is 12.2. The number of non-ortho nitro benzene ring substituents is 2. The van der Waals surface area contributed by atoms with Crippen LogP contribution in [0.4, 0.5) is 17.1 Å². The third-order valence-corrected chi connectivity index (χ3v) is 4.56. The molecular formula is C14H10N4O5S. The number of nitro benzene ring substituents is 2. The fourth-order valence-electron chi connectivity index (χ4n) is 2.16. The van der Waals surface area contributed by atoms with Crippen LogP contribution in [0.25, 0.3) is 0 Å². The summed E-state index contributed by atoms with van der Waals surface area (Å²) in [6.07, 6.45) is 0. The molecule has 3 rings (SSSR count). The number of hydrazone groups is 1. The van der Waals surface area contributed by atoms with Crippen LogP contribution in [0.2, 0.25) is 0 Å². The zero-order valence-corrected chi connectivity index (χ0v) is 12.9. The van der Waals surface area contributed by atoms with Gasteiger partial charge in [0.05, 0.1) is 27.0 Å². The van der Waals surface area contributed by atoms with Gasteiger partial charge in [-0.25, -0.2) is 4.21 Å². The first-order valence-corrected chi connectivity index (χ1v) is 7.98. The minimum atomic E-state index is -1.45. The van der Waals surface area contributed by atoms with Crippen molar-refractivity contribution in [2.45, 2.75) is 0 Å². The average Bonchev–Trinajstić information content (AvgIpc) is 2.97. The number of rotatable bonds is 4. The molecule has 0 saturated carbocycles. The summed E-state index contributed by atoms with van der Waals surface area (Å²) in [6.45, 7) is 0. The van der Waals surface area contributed by atoms with Gasteiger partial charge in [-0.3, -0.25) is 20.2 Å². The van der Waals surface area contributed by atoms with Gasteiger partial charge in [0, 0.05) is 24.3 Å². The summed E-state index contributed by atoms with van der Waals surface area (Å²) >= 11 is 0. The van der Waals surface area contributed by atoms with E-state index in [1.54, 1.807) is 12.1 Å². The molecule has 9 nitrogen and oxygen atoms in total. The summed E-state index contributed by atoms with van der Waals surface area (Å²) in [4.78, 5) is 20.3. The molecule has 0 amide bonds. The Bertz CT molecular complexity index is 864. The highest BCUT2D eigenvalue weighted by Gasteiger charge is 2.25. The molecule has 1 atom stereocenters. The highest BCUT2D eigenvalue weighted by Crippen LogP contribution is 2.25. The van der Waals surface area contributed by atoms with Gasteiger partial charge in [-0.2, -0.15) is 9.52 Å². The summed E-state index contributed by atoms with van der Waals surface area (Å²) in [5.74, 6) is 0.162. The smallest absolute Gasteiger partial charge is 0.258 e. The molecule has 0 bridgehead atoms. The first-order chi connectivity index (χ1) is 11.5. The maximum Gasteiger partial charge on any atom is 0.269 e. The highest BCUT2D eigenvalue weighted by molar-refractivity contribution is 7.87. The quantitative estimate of drug-likeness (QED) is 0.622. The van der Waals surface area contributed by atoms with E-state index in [0.29, 0.717) is 17.0 Å². The Morgan fingerprint density at radius 3 is 1.92 bits per heavy atom. The fraction of sp³-hybridized carbons (Fsp3) is 0.0714. The summed E-state index contributed by atoms with van der Waals surface area (Å²) in [6, 6.07) is 11.4. The van der Waals surface area contributed by atoms with E-state index in [0.717, 1.165) is 0 Å². The number of hydrogen-bond acceptors (Lipinski definition) is 6. The van der Waals surface area contributed by atoms with Crippen LogP contribution >= 0.6 is 0 Å². The van der Waals surface area contributed by atoms with E-state index in [1.807, 2.05) is 0 Å². The minimum Gasteiger partial charge on any atom is -0.258 e. The van der Waals surface area contributed by atoms with E-state index in [-0.39, 0.29) is 17.1 Å². The molecule has 0 radical (unpaired) electrons. The zero-order chi connectivity index (χ0) is 17.3. The minimum absolute atomic E-state index is 0.0364. The van der Waals surface area contributed by atoms with Gasteiger partial charge in [-0.15, -0.1) is 0 Å². The van der Waals surface area contributed by atoms with Gasteiger partial charge in [0.2, 0.25) is 0 Å². The van der Waals surface area contributed by atoms with E-state index in [9.17, 15) is 24.4 Å². The average molecular weight is 346 g/mol. The van der Waals surface area contributed by atoms with Crippen LogP contribution in [0, 0.1) is 20.2 Å². The van der Waals surface area contributed by atoms with Crippen LogP contribution in [0.5, 0.6) is 0 Å². The molecule has 2 aromatic carbocycles. The number of anilines is 1. The molecule has 0 aliphatic carbocycles. The molecule has 0 aromatic heterocycles. The molecule has 1 aliphatic heterocycles. The molecule has 0 saturated heterocycles. The molecule has 0 unspecified atom stereocenters. The lowest BCUT2D eigenvalue weighted by Gasteiger charge is -2.11. The van der Waals surface area contributed by atoms with Gasteiger partial charge in [-0.1, -0.05) is 0 Å². The van der Waals surface area contributed by atoms with Gasteiger partial charge in [-0.05, 0) is 29.8 Å². The fourth-order valence-corrected chi connectivity index (χ4v) is 3.28. The van der Waals surface area contributed by atoms with Crippen LogP contribution < -0.4 is 4.41 Å². The molecule has 10 heteroatoms. The Kier molecular flexibility index (Phi) is 4.04. The lowest BCUT2D eigenvalue weighted by Crippen LogP contribution is -2.15. The van der Waals surface area contributed by atoms with Crippen molar-refractivity contribution in [2.75, 3.05) is 10.2 Å². The molecule has 1 heterocycles. The molecule has 24 heavy (non-hydrogen) atoms. The molecular weight excluding hydrogens is 336 g/mol. The van der Waals surface area contributed by atoms with E-state index in [4.69, 9.17) is 0 Å². The number of hydrogen-bond donors (Lipinski definition) is 0. The van der Waals surface area contributed by atoms with Crippen molar-refractivity contribution in [3.63, 3.8) is 0 Å². The lowest BCUT2D eigenvalue weighted by molar-refractivity contribution is -0.385. The first-order valence-electron chi connectivity index (χ1n) is 6.71. The van der Waals surface area contributed by atoms with Crippen LogP contribution in [0.1, 0.15) is 5.56 Å². The molecule has 2 aromatic rings. The largest absolute Gasteiger partial charge is 0.269 e. The van der Waals surface area contributed by atoms with Crippen molar-refractivity contribution in [3.8, 4) is 0 Å². The Morgan fingerprint density at radius 1 is 0.917 bits per heavy atom. The second kappa shape index (κ2) is 6.16. The number of nitro groups is 2. The second-order valence-electron chi connectivity index (χ2n) is 4.86. The summed E-state index contributed by atoms with van der Waals surface area (Å²) in [5, 5.41) is 25.6. The van der Waals surface area contributed by atoms with Gasteiger partial charge in [0.15, 0.2) is 0 Å². The van der Waals surface area contributed by atoms with Crippen LogP contribution in [0.3, 0.4) is 0 Å². The first kappa shape index (κ1) is 15.7. The van der Waals surface area contributed by atoms with Gasteiger partial charge < -0.3 is 0 Å². The van der Waals surface area contributed by atoms with Crippen LogP contribution in [-0.4, -0.2) is 25.5 Å². The van der Waals surface area contributed by atoms with E-state index < -0.39 is 20.8 Å². The maximum absolute atomic E-state index is 12.2. The zero-order valence-electron chi connectivity index (χ0n) is 12.1. The van der Waals surface area contributed by atoms with Crippen molar-refractivity contribution in [1.29, 1.82) is 0 Å². The van der Waals surface area contributed by atoms with Gasteiger partial charge >= 0.3 is 0 Å². The monoisotopic (exact) mass is 346 g/mol. The third kappa shape index (κ3) is 2.99. The molecule has 0 spiro atoms.